The summed E-state index contributed by atoms with van der Waals surface area (Å²) in [6.45, 7) is 6.76. The second-order valence-electron chi connectivity index (χ2n) is 7.91. The van der Waals surface area contributed by atoms with Gasteiger partial charge in [-0.3, -0.25) is 19.8 Å². The molecule has 4 rings (SSSR count). The lowest BCUT2D eigenvalue weighted by Gasteiger charge is -2.44. The molecule has 2 aliphatic rings. The van der Waals surface area contributed by atoms with Crippen molar-refractivity contribution in [3.05, 3.63) is 31.8 Å². The second-order valence-corrected chi connectivity index (χ2v) is 9.56. The first-order valence-electron chi connectivity index (χ1n) is 10.0. The van der Waals surface area contributed by atoms with E-state index in [-0.39, 0.29) is 12.5 Å². The van der Waals surface area contributed by atoms with Gasteiger partial charge in [0.05, 0.1) is 9.99 Å². The van der Waals surface area contributed by atoms with E-state index in [0.717, 1.165) is 33.1 Å². The number of halogens is 2. The van der Waals surface area contributed by atoms with Crippen molar-refractivity contribution in [3.8, 4) is 0 Å². The van der Waals surface area contributed by atoms with E-state index >= 15 is 0 Å². The fraction of sp³-hybridized carbons (Fsp3) is 0.571. The molecule has 0 spiro atoms. The van der Waals surface area contributed by atoms with E-state index in [4.69, 9.17) is 4.74 Å². The molecule has 1 aromatic carbocycles. The first-order chi connectivity index (χ1) is 13.5. The van der Waals surface area contributed by atoms with Crippen LogP contribution in [0.4, 0.5) is 0 Å². The molecular weight excluding hydrogens is 486 g/mol. The summed E-state index contributed by atoms with van der Waals surface area (Å²) in [5, 5.41) is 1.31. The Morgan fingerprint density at radius 2 is 2.18 bits per heavy atom. The van der Waals surface area contributed by atoms with Gasteiger partial charge in [0.1, 0.15) is 6.61 Å². The highest BCUT2D eigenvalue weighted by atomic mass is 79.9. The maximum Gasteiger partial charge on any atom is 0.264 e. The summed E-state index contributed by atoms with van der Waals surface area (Å²) in [6.07, 6.45) is 4.70. The summed E-state index contributed by atoms with van der Waals surface area (Å²) < 4.78 is 8.99. The van der Waals surface area contributed by atoms with Crippen molar-refractivity contribution in [3.63, 3.8) is 0 Å². The highest BCUT2D eigenvalue weighted by molar-refractivity contribution is 9.13. The van der Waals surface area contributed by atoms with Gasteiger partial charge in [-0.25, -0.2) is 0 Å². The number of carbonyl (C=O) groups excluding carboxylic acids is 1. The van der Waals surface area contributed by atoms with Crippen molar-refractivity contribution in [2.24, 2.45) is 0 Å². The number of benzene rings is 1. The van der Waals surface area contributed by atoms with Gasteiger partial charge >= 0.3 is 0 Å². The fourth-order valence-corrected chi connectivity index (χ4v) is 6.07. The van der Waals surface area contributed by atoms with Crippen molar-refractivity contribution < 1.29 is 9.53 Å². The number of aromatic nitrogens is 1. The molecule has 152 valence electrons. The smallest absolute Gasteiger partial charge is 0.264 e. The van der Waals surface area contributed by atoms with Crippen LogP contribution in [0.2, 0.25) is 0 Å². The molecule has 2 heterocycles. The normalized spacial score (nSPS) is 21.8. The van der Waals surface area contributed by atoms with Gasteiger partial charge < -0.3 is 4.74 Å². The predicted molar refractivity (Wildman–Crippen MR) is 120 cm³/mol. The maximum atomic E-state index is 12.3. The first kappa shape index (κ1) is 20.4. The zero-order chi connectivity index (χ0) is 20.0. The molecule has 1 aliphatic heterocycles. The van der Waals surface area contributed by atoms with Crippen LogP contribution < -0.4 is 5.43 Å². The molecule has 7 heteroatoms. The van der Waals surface area contributed by atoms with Gasteiger partial charge in [-0.05, 0) is 94.7 Å². The van der Waals surface area contributed by atoms with E-state index in [9.17, 15) is 4.79 Å². The number of fused-ring (bicyclic) bond motifs is 2. The lowest BCUT2D eigenvalue weighted by molar-refractivity contribution is -0.120. The number of nitrogens with one attached hydrogen (secondary N) is 1. The van der Waals surface area contributed by atoms with E-state index in [1.54, 1.807) is 0 Å². The predicted octanol–water partition coefficient (Wildman–Crippen LogP) is 4.71. The molecule has 0 radical (unpaired) electrons. The van der Waals surface area contributed by atoms with Gasteiger partial charge in [-0.15, -0.1) is 0 Å². The minimum Gasteiger partial charge on any atom is -0.375 e. The van der Waals surface area contributed by atoms with E-state index < -0.39 is 0 Å². The third-order valence-electron chi connectivity index (χ3n) is 6.25. The Morgan fingerprint density at radius 3 is 2.89 bits per heavy atom. The summed E-state index contributed by atoms with van der Waals surface area (Å²) >= 11 is 7.51. The Hall–Kier alpha value is -0.890. The number of carbonyl (C=O) groups is 1. The first-order valence-corrected chi connectivity index (χ1v) is 11.6. The second kappa shape index (κ2) is 8.09. The lowest BCUT2D eigenvalue weighted by atomic mass is 9.74. The molecule has 28 heavy (non-hydrogen) atoms. The van der Waals surface area contributed by atoms with Crippen LogP contribution in [0.5, 0.6) is 0 Å². The molecule has 0 bridgehead atoms. The van der Waals surface area contributed by atoms with Crippen LogP contribution >= 0.6 is 31.9 Å². The summed E-state index contributed by atoms with van der Waals surface area (Å²) in [5.41, 5.74) is 7.98. The van der Waals surface area contributed by atoms with Crippen LogP contribution in [-0.2, 0) is 16.0 Å². The molecular formula is C21H27Br2N3O2. The van der Waals surface area contributed by atoms with Gasteiger partial charge in [0.15, 0.2) is 0 Å². The van der Waals surface area contributed by atoms with E-state index in [1.807, 2.05) is 4.68 Å². The Morgan fingerprint density at radius 1 is 1.39 bits per heavy atom. The van der Waals surface area contributed by atoms with Crippen molar-refractivity contribution in [1.82, 2.24) is 9.58 Å². The largest absolute Gasteiger partial charge is 0.375 e. The third-order valence-corrected chi connectivity index (χ3v) is 8.21. The van der Waals surface area contributed by atoms with E-state index in [0.29, 0.717) is 12.0 Å². The number of rotatable bonds is 5. The van der Waals surface area contributed by atoms with Gasteiger partial charge in [-0.2, -0.15) is 0 Å². The number of piperidine rings is 1. The summed E-state index contributed by atoms with van der Waals surface area (Å²) in [6, 6.07) is 2.84. The van der Waals surface area contributed by atoms with Crippen LogP contribution in [0.3, 0.4) is 0 Å². The van der Waals surface area contributed by atoms with Gasteiger partial charge in [0, 0.05) is 34.6 Å². The Labute approximate surface area is 183 Å². The summed E-state index contributed by atoms with van der Waals surface area (Å²) in [7, 11) is 1.54. The molecule has 5 nitrogen and oxygen atoms in total. The zero-order valence-electron chi connectivity index (χ0n) is 16.6. The lowest BCUT2D eigenvalue weighted by Crippen LogP contribution is -2.47. The fourth-order valence-electron chi connectivity index (χ4n) is 5.15. The highest BCUT2D eigenvalue weighted by Gasteiger charge is 2.39. The number of nitrogens with zero attached hydrogens (tertiary/aromatic N) is 2. The minimum absolute atomic E-state index is 0.0441. The third kappa shape index (κ3) is 3.24. The number of likely N-dealkylation sites (tertiary alicyclic amines) is 1. The van der Waals surface area contributed by atoms with Crippen LogP contribution in [0.25, 0.3) is 10.9 Å². The average molecular weight is 513 g/mol. The number of amides is 1. The van der Waals surface area contributed by atoms with Crippen molar-refractivity contribution in [1.29, 1.82) is 0 Å². The Bertz CT molecular complexity index is 922. The highest BCUT2D eigenvalue weighted by Crippen LogP contribution is 2.48. The number of hydrogen-bond donors (Lipinski definition) is 1. The van der Waals surface area contributed by atoms with E-state index in [2.05, 4.69) is 62.1 Å². The quantitative estimate of drug-likeness (QED) is 0.631. The van der Waals surface area contributed by atoms with Crippen molar-refractivity contribution in [2.75, 3.05) is 32.2 Å². The Balaban J connectivity index is 1.89. The number of hydrogen-bond acceptors (Lipinski definition) is 3. The summed E-state index contributed by atoms with van der Waals surface area (Å²) in [5.74, 6) is 0.399. The zero-order valence-corrected chi connectivity index (χ0v) is 19.8. The average Bonchev–Trinajstić information content (AvgIpc) is 2.93. The minimum atomic E-state index is -0.147. The molecule has 0 unspecified atom stereocenters. The van der Waals surface area contributed by atoms with Crippen LogP contribution in [-0.4, -0.2) is 48.3 Å². The van der Waals surface area contributed by atoms with Gasteiger partial charge in [0.2, 0.25) is 0 Å². The van der Waals surface area contributed by atoms with E-state index in [1.165, 1.54) is 49.4 Å². The molecule has 2 atom stereocenters. The molecule has 0 saturated carbocycles. The van der Waals surface area contributed by atoms with Crippen molar-refractivity contribution in [2.45, 2.75) is 51.5 Å². The molecule has 2 aromatic rings. The molecule has 1 N–H and O–H groups in total. The molecule has 1 amide bonds. The SMILES string of the molecule is CCCN1CCC[C@@H]2c3cc(Br)c(Br)c4c3c(c(C)n4NC(=O)COC)C[C@H]21. The Kier molecular flexibility index (Phi) is 5.89. The monoisotopic (exact) mass is 511 g/mol. The molecule has 1 fully saturated rings. The molecule has 1 saturated heterocycles. The number of methoxy groups -OCH3 is 1. The summed E-state index contributed by atoms with van der Waals surface area (Å²) in [4.78, 5) is 15.0. The molecule has 1 aromatic heterocycles. The van der Waals surface area contributed by atoms with Crippen LogP contribution in [0, 0.1) is 6.92 Å². The molecule has 1 aliphatic carbocycles. The van der Waals surface area contributed by atoms with Gasteiger partial charge in [0.25, 0.3) is 5.91 Å². The maximum absolute atomic E-state index is 12.3. The van der Waals surface area contributed by atoms with Gasteiger partial charge in [-0.1, -0.05) is 6.92 Å². The standard InChI is InChI=1S/C21H27Br2N3O2/c1-4-7-25-8-5-6-13-15-9-16(22)20(23)21-19(15)14(10-17(13)25)12(2)26(21)24-18(27)11-28-3/h9,13,17H,4-8,10-11H2,1-3H3,(H,24,27)/t13-,17-/m1/s1. The van der Waals surface area contributed by atoms with Crippen molar-refractivity contribution >= 4 is 48.7 Å². The topological polar surface area (TPSA) is 46.5 Å². The van der Waals surface area contributed by atoms with Crippen LogP contribution in [0.1, 0.15) is 48.9 Å². The van der Waals surface area contributed by atoms with Crippen LogP contribution in [0.15, 0.2) is 15.0 Å². The number of ether oxygens (including phenoxy) is 1.